The summed E-state index contributed by atoms with van der Waals surface area (Å²) in [5.41, 5.74) is 5.21. The van der Waals surface area contributed by atoms with E-state index in [9.17, 15) is 4.39 Å². The predicted molar refractivity (Wildman–Crippen MR) is 41.9 cm³/mol. The molecule has 1 aliphatic rings. The Kier molecular flexibility index (Phi) is 2.84. The minimum absolute atomic E-state index is 0.0315. The molecule has 11 heavy (non-hydrogen) atoms. The first-order valence-electron chi connectivity index (χ1n) is 4.15. The number of hydrogen-bond donors (Lipinski definition) is 2. The first-order valence-corrected chi connectivity index (χ1v) is 4.15. The van der Waals surface area contributed by atoms with E-state index in [0.717, 1.165) is 25.7 Å². The first-order chi connectivity index (χ1) is 5.22. The molecule has 0 saturated heterocycles. The quantitative estimate of drug-likeness (QED) is 0.630. The van der Waals surface area contributed by atoms with Gasteiger partial charge in [0.05, 0.1) is 13.3 Å². The lowest BCUT2D eigenvalue weighted by Crippen LogP contribution is -2.37. The Morgan fingerprint density at radius 1 is 1.45 bits per heavy atom. The molecule has 0 unspecified atom stereocenters. The summed E-state index contributed by atoms with van der Waals surface area (Å²) in [4.78, 5) is 0. The van der Waals surface area contributed by atoms with Gasteiger partial charge < -0.3 is 10.8 Å². The normalized spacial score (nSPS) is 39.0. The third-order valence-corrected chi connectivity index (χ3v) is 2.71. The van der Waals surface area contributed by atoms with Crippen LogP contribution < -0.4 is 5.73 Å². The van der Waals surface area contributed by atoms with Crippen molar-refractivity contribution in [1.29, 1.82) is 0 Å². The van der Waals surface area contributed by atoms with Crippen LogP contribution in [0.3, 0.4) is 0 Å². The Labute approximate surface area is 66.6 Å². The van der Waals surface area contributed by atoms with E-state index in [1.165, 1.54) is 0 Å². The van der Waals surface area contributed by atoms with Crippen molar-refractivity contribution in [3.8, 4) is 0 Å². The van der Waals surface area contributed by atoms with Gasteiger partial charge in [0.1, 0.15) is 0 Å². The Hall–Kier alpha value is -0.150. The average Bonchev–Trinajstić information content (AvgIpc) is 2.07. The smallest absolute Gasteiger partial charge is 0.0972 e. The van der Waals surface area contributed by atoms with E-state index in [1.807, 2.05) is 0 Å². The lowest BCUT2D eigenvalue weighted by molar-refractivity contribution is 0.0512. The molecule has 0 heterocycles. The second kappa shape index (κ2) is 3.50. The molecule has 0 bridgehead atoms. The molecule has 1 fully saturated rings. The minimum atomic E-state index is -0.449. The summed E-state index contributed by atoms with van der Waals surface area (Å²) >= 11 is 0. The molecular formula is C8H16FNO. The monoisotopic (exact) mass is 161 g/mol. The summed E-state index contributed by atoms with van der Waals surface area (Å²) < 4.78 is 12.5. The number of rotatable bonds is 2. The minimum Gasteiger partial charge on any atom is -0.396 e. The van der Waals surface area contributed by atoms with E-state index >= 15 is 0 Å². The van der Waals surface area contributed by atoms with Gasteiger partial charge in [-0.05, 0) is 25.7 Å². The fourth-order valence-electron chi connectivity index (χ4n) is 1.59. The van der Waals surface area contributed by atoms with Crippen LogP contribution in [0.25, 0.3) is 0 Å². The second-order valence-electron chi connectivity index (χ2n) is 3.63. The van der Waals surface area contributed by atoms with Gasteiger partial charge in [-0.3, -0.25) is 4.39 Å². The summed E-state index contributed by atoms with van der Waals surface area (Å²) in [6, 6.07) is 0.223. The number of aliphatic hydroxyl groups excluding tert-OH is 1. The number of halogens is 1. The number of hydrogen-bond acceptors (Lipinski definition) is 2. The highest BCUT2D eigenvalue weighted by Gasteiger charge is 2.33. The van der Waals surface area contributed by atoms with Gasteiger partial charge in [-0.25, -0.2) is 0 Å². The van der Waals surface area contributed by atoms with E-state index in [1.54, 1.807) is 0 Å². The van der Waals surface area contributed by atoms with Crippen molar-refractivity contribution < 1.29 is 9.50 Å². The Bertz CT molecular complexity index is 115. The molecule has 66 valence electrons. The van der Waals surface area contributed by atoms with Crippen molar-refractivity contribution in [3.05, 3.63) is 0 Å². The highest BCUT2D eigenvalue weighted by molar-refractivity contribution is 4.85. The number of aliphatic hydroxyl groups is 1. The van der Waals surface area contributed by atoms with E-state index in [2.05, 4.69) is 0 Å². The summed E-state index contributed by atoms with van der Waals surface area (Å²) in [5.74, 6) is 0. The van der Waals surface area contributed by atoms with Crippen molar-refractivity contribution >= 4 is 0 Å². The average molecular weight is 161 g/mol. The van der Waals surface area contributed by atoms with Crippen LogP contribution in [0.4, 0.5) is 4.39 Å². The zero-order chi connectivity index (χ0) is 8.32. The first kappa shape index (κ1) is 8.94. The van der Waals surface area contributed by atoms with E-state index in [-0.39, 0.29) is 12.6 Å². The predicted octanol–water partition coefficient (Wildman–Crippen LogP) is 0.836. The highest BCUT2D eigenvalue weighted by Crippen LogP contribution is 2.35. The van der Waals surface area contributed by atoms with E-state index in [4.69, 9.17) is 10.8 Å². The van der Waals surface area contributed by atoms with E-state index in [0.29, 0.717) is 0 Å². The molecule has 3 N–H and O–H groups in total. The molecule has 3 heteroatoms. The summed E-state index contributed by atoms with van der Waals surface area (Å²) in [5, 5.41) is 8.95. The third-order valence-electron chi connectivity index (χ3n) is 2.71. The molecule has 0 amide bonds. The highest BCUT2D eigenvalue weighted by atomic mass is 19.1. The van der Waals surface area contributed by atoms with E-state index < -0.39 is 12.1 Å². The maximum Gasteiger partial charge on any atom is 0.0972 e. The van der Waals surface area contributed by atoms with Crippen LogP contribution in [0.1, 0.15) is 25.7 Å². The van der Waals surface area contributed by atoms with Crippen LogP contribution in [0, 0.1) is 5.41 Å². The molecule has 0 spiro atoms. The molecule has 0 aromatic heterocycles. The second-order valence-corrected chi connectivity index (χ2v) is 3.63. The fraction of sp³-hybridized carbons (Fsp3) is 1.00. The topological polar surface area (TPSA) is 46.2 Å². The number of nitrogens with two attached hydrogens (primary N) is 1. The largest absolute Gasteiger partial charge is 0.396 e. The fourth-order valence-corrected chi connectivity index (χ4v) is 1.59. The third kappa shape index (κ3) is 1.91. The van der Waals surface area contributed by atoms with Crippen LogP contribution in [-0.4, -0.2) is 24.4 Å². The molecule has 0 aromatic rings. The summed E-state index contributed by atoms with van der Waals surface area (Å²) in [6.45, 7) is -0.438. The molecule has 0 aromatic carbocycles. The molecule has 1 saturated carbocycles. The van der Waals surface area contributed by atoms with Crippen molar-refractivity contribution in [2.24, 2.45) is 11.1 Å². The van der Waals surface area contributed by atoms with Gasteiger partial charge in [0.15, 0.2) is 0 Å². The molecule has 0 radical (unpaired) electrons. The van der Waals surface area contributed by atoms with Gasteiger partial charge in [0, 0.05) is 11.5 Å². The molecule has 0 aliphatic heterocycles. The van der Waals surface area contributed by atoms with Crippen molar-refractivity contribution in [1.82, 2.24) is 0 Å². The SMILES string of the molecule is NC1CCC(CO)(CF)CC1. The van der Waals surface area contributed by atoms with Gasteiger partial charge in [-0.2, -0.15) is 0 Å². The molecular weight excluding hydrogens is 145 g/mol. The van der Waals surface area contributed by atoms with Crippen LogP contribution in [0.5, 0.6) is 0 Å². The number of alkyl halides is 1. The lowest BCUT2D eigenvalue weighted by Gasteiger charge is -2.35. The van der Waals surface area contributed by atoms with Crippen LogP contribution in [0.2, 0.25) is 0 Å². The Morgan fingerprint density at radius 2 is 2.00 bits per heavy atom. The lowest BCUT2D eigenvalue weighted by atomic mass is 9.74. The zero-order valence-electron chi connectivity index (χ0n) is 6.72. The summed E-state index contributed by atoms with van der Waals surface area (Å²) in [6.07, 6.45) is 3.18. The van der Waals surface area contributed by atoms with Crippen molar-refractivity contribution in [3.63, 3.8) is 0 Å². The maximum atomic E-state index is 12.5. The molecule has 1 aliphatic carbocycles. The zero-order valence-corrected chi connectivity index (χ0v) is 6.72. The molecule has 0 atom stereocenters. The van der Waals surface area contributed by atoms with Crippen LogP contribution in [0.15, 0.2) is 0 Å². The van der Waals surface area contributed by atoms with Crippen molar-refractivity contribution in [2.75, 3.05) is 13.3 Å². The Morgan fingerprint density at radius 3 is 2.36 bits per heavy atom. The van der Waals surface area contributed by atoms with Gasteiger partial charge in [0.2, 0.25) is 0 Å². The molecule has 2 nitrogen and oxygen atoms in total. The van der Waals surface area contributed by atoms with Crippen LogP contribution >= 0.6 is 0 Å². The van der Waals surface area contributed by atoms with Gasteiger partial charge >= 0.3 is 0 Å². The molecule has 1 rings (SSSR count). The van der Waals surface area contributed by atoms with Crippen molar-refractivity contribution in [2.45, 2.75) is 31.7 Å². The van der Waals surface area contributed by atoms with Gasteiger partial charge in [-0.15, -0.1) is 0 Å². The summed E-state index contributed by atoms with van der Waals surface area (Å²) in [7, 11) is 0. The Balaban J connectivity index is 2.45. The maximum absolute atomic E-state index is 12.5. The standard InChI is InChI=1S/C8H16FNO/c9-5-8(6-11)3-1-7(10)2-4-8/h7,11H,1-6,10H2. The van der Waals surface area contributed by atoms with Gasteiger partial charge in [0.25, 0.3) is 0 Å². The van der Waals surface area contributed by atoms with Crippen LogP contribution in [-0.2, 0) is 0 Å². The van der Waals surface area contributed by atoms with Gasteiger partial charge in [-0.1, -0.05) is 0 Å².